The first-order chi connectivity index (χ1) is 18.0. The third-order valence-electron chi connectivity index (χ3n) is 5.20. The fraction of sp³-hybridized carbons (Fsp3) is 0.154. The Bertz CT molecular complexity index is 1390. The first-order valence-electron chi connectivity index (χ1n) is 11.1. The van der Waals surface area contributed by atoms with Crippen LogP contribution in [-0.4, -0.2) is 54.0 Å². The van der Waals surface area contributed by atoms with Crippen LogP contribution in [0, 0.1) is 0 Å². The summed E-state index contributed by atoms with van der Waals surface area (Å²) in [5.41, 5.74) is 4.75. The van der Waals surface area contributed by atoms with Gasteiger partial charge in [-0.25, -0.2) is 5.43 Å². The quantitative estimate of drug-likeness (QED) is 0.175. The molecule has 0 spiro atoms. The summed E-state index contributed by atoms with van der Waals surface area (Å²) in [5, 5.41) is 13.9. The Balaban J connectivity index is 1.60. The van der Waals surface area contributed by atoms with Gasteiger partial charge in [-0.1, -0.05) is 59.8 Å². The van der Waals surface area contributed by atoms with E-state index in [4.69, 9.17) is 25.8 Å². The number of rotatable bonds is 10. The minimum Gasteiger partial charge on any atom is -0.493 e. The number of benzene rings is 3. The maximum Gasteiger partial charge on any atom is 0.250 e. The van der Waals surface area contributed by atoms with Gasteiger partial charge in [-0.15, -0.1) is 10.2 Å². The van der Waals surface area contributed by atoms with E-state index in [-0.39, 0.29) is 11.7 Å². The average molecular weight is 538 g/mol. The minimum absolute atomic E-state index is 0.0695. The van der Waals surface area contributed by atoms with Crippen LogP contribution < -0.4 is 19.6 Å². The number of hydrazone groups is 1. The predicted molar refractivity (Wildman–Crippen MR) is 144 cm³/mol. The van der Waals surface area contributed by atoms with Gasteiger partial charge in [0.15, 0.2) is 22.5 Å². The van der Waals surface area contributed by atoms with E-state index in [0.29, 0.717) is 44.4 Å². The van der Waals surface area contributed by atoms with Gasteiger partial charge in [0.2, 0.25) is 5.75 Å². The van der Waals surface area contributed by atoms with Gasteiger partial charge in [0.05, 0.1) is 33.3 Å². The Morgan fingerprint density at radius 1 is 1.00 bits per heavy atom. The van der Waals surface area contributed by atoms with Gasteiger partial charge in [0.1, 0.15) is 0 Å². The molecule has 0 aliphatic rings. The maximum absolute atomic E-state index is 12.5. The number of halogens is 1. The maximum atomic E-state index is 12.5. The molecule has 1 amide bonds. The zero-order valence-electron chi connectivity index (χ0n) is 20.3. The van der Waals surface area contributed by atoms with Crippen molar-refractivity contribution in [2.24, 2.45) is 5.10 Å². The van der Waals surface area contributed by atoms with Crippen LogP contribution in [0.5, 0.6) is 17.2 Å². The molecule has 1 aromatic heterocycles. The van der Waals surface area contributed by atoms with Gasteiger partial charge in [-0.3, -0.25) is 9.36 Å². The third kappa shape index (κ3) is 6.04. The van der Waals surface area contributed by atoms with Gasteiger partial charge >= 0.3 is 0 Å². The molecular weight excluding hydrogens is 514 g/mol. The summed E-state index contributed by atoms with van der Waals surface area (Å²) in [6, 6.07) is 20.4. The number of nitrogens with zero attached hydrogens (tertiary/aromatic N) is 4. The summed E-state index contributed by atoms with van der Waals surface area (Å²) in [5.74, 6) is 1.77. The third-order valence-corrected chi connectivity index (χ3v) is 6.47. The number of carbonyl (C=O) groups excluding carboxylic acids is 1. The summed E-state index contributed by atoms with van der Waals surface area (Å²) in [6.45, 7) is 0. The number of thioether (sulfide) groups is 1. The van der Waals surface area contributed by atoms with Crippen LogP contribution in [0.25, 0.3) is 17.1 Å². The number of amides is 1. The molecule has 0 aliphatic heterocycles. The van der Waals surface area contributed by atoms with Crippen molar-refractivity contribution in [3.05, 3.63) is 77.3 Å². The molecule has 1 N–H and O–H groups in total. The summed E-state index contributed by atoms with van der Waals surface area (Å²) in [6.07, 6.45) is 1.50. The van der Waals surface area contributed by atoms with Crippen molar-refractivity contribution in [1.82, 2.24) is 20.2 Å². The number of aromatic nitrogens is 3. The molecule has 0 bridgehead atoms. The molecule has 11 heteroatoms. The van der Waals surface area contributed by atoms with Crippen LogP contribution in [0.1, 0.15) is 5.56 Å². The number of hydrogen-bond donors (Lipinski definition) is 1. The largest absolute Gasteiger partial charge is 0.493 e. The highest BCUT2D eigenvalue weighted by Gasteiger charge is 2.21. The summed E-state index contributed by atoms with van der Waals surface area (Å²) in [4.78, 5) is 12.5. The van der Waals surface area contributed by atoms with Crippen LogP contribution in [0.2, 0.25) is 5.02 Å². The molecule has 190 valence electrons. The predicted octanol–water partition coefficient (Wildman–Crippen LogP) is 4.86. The molecule has 37 heavy (non-hydrogen) atoms. The van der Waals surface area contributed by atoms with E-state index in [1.54, 1.807) is 45.6 Å². The highest BCUT2D eigenvalue weighted by Crippen LogP contribution is 2.41. The number of methoxy groups -OCH3 is 3. The second-order valence-corrected chi connectivity index (χ2v) is 8.84. The van der Waals surface area contributed by atoms with Crippen molar-refractivity contribution < 1.29 is 19.0 Å². The summed E-state index contributed by atoms with van der Waals surface area (Å²) >= 11 is 7.35. The molecule has 0 unspecified atom stereocenters. The lowest BCUT2D eigenvalue weighted by molar-refractivity contribution is -0.118. The van der Waals surface area contributed by atoms with Gasteiger partial charge < -0.3 is 14.2 Å². The number of hydrogen-bond acceptors (Lipinski definition) is 8. The van der Waals surface area contributed by atoms with E-state index in [1.165, 1.54) is 18.0 Å². The molecule has 4 rings (SSSR count). The Kier molecular flexibility index (Phi) is 8.65. The zero-order valence-corrected chi connectivity index (χ0v) is 21.9. The molecular formula is C26H24ClN5O4S. The van der Waals surface area contributed by atoms with Gasteiger partial charge in [0, 0.05) is 21.8 Å². The Labute approximate surface area is 223 Å². The zero-order chi connectivity index (χ0) is 26.2. The second-order valence-electron chi connectivity index (χ2n) is 7.49. The minimum atomic E-state index is -0.301. The molecule has 0 fully saturated rings. The van der Waals surface area contributed by atoms with Crippen molar-refractivity contribution in [3.63, 3.8) is 0 Å². The van der Waals surface area contributed by atoms with Crippen molar-refractivity contribution in [3.8, 4) is 34.3 Å². The van der Waals surface area contributed by atoms with E-state index in [2.05, 4.69) is 20.7 Å². The Morgan fingerprint density at radius 3 is 2.32 bits per heavy atom. The SMILES string of the molecule is COc1cc(-c2nnc(SCC(=O)NN=Cc3ccccc3Cl)n2-c2ccccc2)cc(OC)c1OC. The van der Waals surface area contributed by atoms with Crippen LogP contribution >= 0.6 is 23.4 Å². The van der Waals surface area contributed by atoms with Crippen LogP contribution in [0.3, 0.4) is 0 Å². The van der Waals surface area contributed by atoms with Crippen LogP contribution in [0.4, 0.5) is 0 Å². The fourth-order valence-corrected chi connectivity index (χ4v) is 4.42. The fourth-order valence-electron chi connectivity index (χ4n) is 3.49. The number of carbonyl (C=O) groups is 1. The topological polar surface area (TPSA) is 99.9 Å². The molecule has 0 radical (unpaired) electrons. The first kappa shape index (κ1) is 26.1. The smallest absolute Gasteiger partial charge is 0.250 e. The normalized spacial score (nSPS) is 10.9. The lowest BCUT2D eigenvalue weighted by Crippen LogP contribution is -2.20. The molecule has 0 atom stereocenters. The van der Waals surface area contributed by atoms with Crippen LogP contribution in [0.15, 0.2) is 77.0 Å². The number of nitrogens with one attached hydrogen (secondary N) is 1. The first-order valence-corrected chi connectivity index (χ1v) is 12.4. The van der Waals surface area contributed by atoms with E-state index in [9.17, 15) is 4.79 Å². The molecule has 4 aromatic rings. The standard InChI is InChI=1S/C26H24ClN5O4S/c1-34-21-13-18(14-22(35-2)24(21)36-3)25-30-31-26(32(25)19-10-5-4-6-11-19)37-16-23(33)29-28-15-17-9-7-8-12-20(17)27/h4-15H,16H2,1-3H3,(H,29,33). The Morgan fingerprint density at radius 2 is 1.68 bits per heavy atom. The lowest BCUT2D eigenvalue weighted by atomic mass is 10.1. The van der Waals surface area contributed by atoms with E-state index in [1.807, 2.05) is 47.0 Å². The highest BCUT2D eigenvalue weighted by molar-refractivity contribution is 7.99. The van der Waals surface area contributed by atoms with Crippen molar-refractivity contribution in [2.45, 2.75) is 5.16 Å². The molecule has 0 aliphatic carbocycles. The Hall–Kier alpha value is -4.02. The van der Waals surface area contributed by atoms with E-state index < -0.39 is 0 Å². The summed E-state index contributed by atoms with van der Waals surface area (Å²) < 4.78 is 18.3. The molecule has 9 nitrogen and oxygen atoms in total. The van der Waals surface area contributed by atoms with Crippen molar-refractivity contribution >= 4 is 35.5 Å². The molecule has 0 saturated heterocycles. The monoisotopic (exact) mass is 537 g/mol. The molecule has 3 aromatic carbocycles. The lowest BCUT2D eigenvalue weighted by Gasteiger charge is -2.15. The average Bonchev–Trinajstić information content (AvgIpc) is 3.36. The molecule has 1 heterocycles. The van der Waals surface area contributed by atoms with E-state index in [0.717, 1.165) is 5.69 Å². The van der Waals surface area contributed by atoms with Gasteiger partial charge in [-0.2, -0.15) is 5.10 Å². The van der Waals surface area contributed by atoms with Gasteiger partial charge in [-0.05, 0) is 30.3 Å². The van der Waals surface area contributed by atoms with Crippen molar-refractivity contribution in [1.29, 1.82) is 0 Å². The van der Waals surface area contributed by atoms with Gasteiger partial charge in [0.25, 0.3) is 5.91 Å². The number of para-hydroxylation sites is 1. The number of ether oxygens (including phenoxy) is 3. The van der Waals surface area contributed by atoms with E-state index >= 15 is 0 Å². The summed E-state index contributed by atoms with van der Waals surface area (Å²) in [7, 11) is 4.65. The van der Waals surface area contributed by atoms with Crippen LogP contribution in [-0.2, 0) is 4.79 Å². The highest BCUT2D eigenvalue weighted by atomic mass is 35.5. The van der Waals surface area contributed by atoms with Crippen molar-refractivity contribution in [2.75, 3.05) is 27.1 Å². The molecule has 0 saturated carbocycles. The second kappa shape index (κ2) is 12.3.